The van der Waals surface area contributed by atoms with Crippen molar-refractivity contribution in [2.45, 2.75) is 92.9 Å². The van der Waals surface area contributed by atoms with E-state index < -0.39 is 11.8 Å². The standard InChI is InChI=1S/C50H55N3O2/c1-47(2,3)28-49(7,8)31-17-21-33(22-18-31)53(34-23-19-32(20-24-34)50(9,10)29-48(4,5)6)40-27-39(46(52)55)42-38(45(51)54)26-25-36-35-15-11-13-30-14-12-16-37(41(30)35)43(40)44(36)42/h11-27H,28-29H2,1-10H3,(H2,51,54)(H2,52,55). The van der Waals surface area contributed by atoms with Crippen molar-refractivity contribution in [1.82, 2.24) is 0 Å². The molecule has 0 atom stereocenters. The first-order chi connectivity index (χ1) is 25.7. The third-order valence-electron chi connectivity index (χ3n) is 11.3. The smallest absolute Gasteiger partial charge is 0.249 e. The van der Waals surface area contributed by atoms with Crippen LogP contribution in [0.5, 0.6) is 0 Å². The molecule has 282 valence electrons. The van der Waals surface area contributed by atoms with Crippen molar-refractivity contribution in [2.24, 2.45) is 22.3 Å². The van der Waals surface area contributed by atoms with Gasteiger partial charge >= 0.3 is 0 Å². The number of fused-ring (bicyclic) bond motifs is 2. The van der Waals surface area contributed by atoms with Crippen LogP contribution in [-0.4, -0.2) is 11.8 Å². The lowest BCUT2D eigenvalue weighted by Gasteiger charge is -2.34. The third-order valence-corrected chi connectivity index (χ3v) is 11.3. The molecule has 0 fully saturated rings. The van der Waals surface area contributed by atoms with E-state index in [9.17, 15) is 9.59 Å². The second kappa shape index (κ2) is 13.1. The Morgan fingerprint density at radius 3 is 1.40 bits per heavy atom. The number of carbonyl (C=O) groups excluding carboxylic acids is 2. The second-order valence-corrected chi connectivity index (χ2v) is 19.3. The molecule has 0 aliphatic heterocycles. The number of anilines is 3. The van der Waals surface area contributed by atoms with Crippen molar-refractivity contribution in [3.63, 3.8) is 0 Å². The SMILES string of the molecule is CC(C)(C)CC(C)(C)c1ccc(N(c2ccc(C(C)(C)CC(C)(C)C)cc2)c2cc(C(N)=O)c3c(C(N)=O)ccc4c5cccc6cccc(c2c34)c65)cc1. The van der Waals surface area contributed by atoms with E-state index in [4.69, 9.17) is 11.5 Å². The summed E-state index contributed by atoms with van der Waals surface area (Å²) < 4.78 is 0. The first kappa shape index (κ1) is 37.9. The number of hydrogen-bond donors (Lipinski definition) is 2. The predicted octanol–water partition coefficient (Wildman–Crippen LogP) is 12.8. The Balaban J connectivity index is 1.59. The van der Waals surface area contributed by atoms with Crippen molar-refractivity contribution in [2.75, 3.05) is 4.90 Å². The molecular weight excluding hydrogens is 675 g/mol. The van der Waals surface area contributed by atoms with Crippen LogP contribution in [0.4, 0.5) is 17.1 Å². The van der Waals surface area contributed by atoms with E-state index >= 15 is 0 Å². The molecule has 0 bridgehead atoms. The fourth-order valence-electron chi connectivity index (χ4n) is 9.80. The van der Waals surface area contributed by atoms with Crippen LogP contribution in [0.25, 0.3) is 43.1 Å². The number of rotatable bonds is 9. The van der Waals surface area contributed by atoms with Crippen molar-refractivity contribution in [3.8, 4) is 0 Å². The normalized spacial score (nSPS) is 13.0. The van der Waals surface area contributed by atoms with Crippen molar-refractivity contribution in [3.05, 3.63) is 125 Å². The van der Waals surface area contributed by atoms with Gasteiger partial charge in [0.25, 0.3) is 0 Å². The van der Waals surface area contributed by atoms with E-state index in [-0.39, 0.29) is 32.8 Å². The Morgan fingerprint density at radius 2 is 0.945 bits per heavy atom. The fourth-order valence-corrected chi connectivity index (χ4v) is 9.80. The number of nitrogens with two attached hydrogens (primary N) is 2. The molecule has 55 heavy (non-hydrogen) atoms. The Kier molecular flexibility index (Phi) is 9.03. The van der Waals surface area contributed by atoms with Crippen molar-refractivity contribution < 1.29 is 9.59 Å². The summed E-state index contributed by atoms with van der Waals surface area (Å²) in [6, 6.07) is 35.9. The summed E-state index contributed by atoms with van der Waals surface area (Å²) in [5, 5.41) is 7.44. The average molecular weight is 730 g/mol. The molecule has 0 aliphatic carbocycles. The zero-order valence-corrected chi connectivity index (χ0v) is 34.1. The average Bonchev–Trinajstić information content (AvgIpc) is 3.08. The van der Waals surface area contributed by atoms with Crippen LogP contribution in [0.2, 0.25) is 0 Å². The summed E-state index contributed by atoms with van der Waals surface area (Å²) >= 11 is 0. The maximum absolute atomic E-state index is 13.6. The number of hydrogen-bond acceptors (Lipinski definition) is 3. The van der Waals surface area contributed by atoms with Gasteiger partial charge in [0.2, 0.25) is 11.8 Å². The molecule has 4 N–H and O–H groups in total. The highest BCUT2D eigenvalue weighted by atomic mass is 16.1. The Labute approximate surface area is 326 Å². The van der Waals surface area contributed by atoms with Crippen LogP contribution >= 0.6 is 0 Å². The zero-order valence-electron chi connectivity index (χ0n) is 34.1. The number of primary amides is 2. The molecule has 0 saturated heterocycles. The number of nitrogens with zero attached hydrogens (tertiary/aromatic N) is 1. The summed E-state index contributed by atoms with van der Waals surface area (Å²) in [5.41, 5.74) is 18.3. The maximum atomic E-state index is 13.6. The minimum absolute atomic E-state index is 0.0462. The molecule has 0 aliphatic rings. The summed E-state index contributed by atoms with van der Waals surface area (Å²) in [6.07, 6.45) is 2.06. The highest BCUT2D eigenvalue weighted by molar-refractivity contribution is 6.38. The van der Waals surface area contributed by atoms with Crippen molar-refractivity contribution in [1.29, 1.82) is 0 Å². The molecule has 7 rings (SSSR count). The monoisotopic (exact) mass is 729 g/mol. The summed E-state index contributed by atoms with van der Waals surface area (Å²) in [6.45, 7) is 23.0. The Bertz CT molecular complexity index is 2520. The van der Waals surface area contributed by atoms with Gasteiger partial charge in [0.05, 0.1) is 5.69 Å². The summed E-state index contributed by atoms with van der Waals surface area (Å²) in [5.74, 6) is -1.23. The molecule has 0 heterocycles. The van der Waals surface area contributed by atoms with E-state index in [0.29, 0.717) is 5.39 Å². The van der Waals surface area contributed by atoms with Crippen LogP contribution in [0.1, 0.15) is 114 Å². The lowest BCUT2D eigenvalue weighted by atomic mass is 9.72. The molecule has 2 amide bonds. The van der Waals surface area contributed by atoms with E-state index in [2.05, 4.69) is 159 Å². The quantitative estimate of drug-likeness (QED) is 0.114. The molecule has 5 heteroatoms. The Hall–Kier alpha value is -5.42. The van der Waals surface area contributed by atoms with Gasteiger partial charge in [-0.25, -0.2) is 0 Å². The van der Waals surface area contributed by atoms with E-state index in [1.165, 1.54) is 11.1 Å². The molecule has 0 radical (unpaired) electrons. The van der Waals surface area contributed by atoms with Gasteiger partial charge in [0.15, 0.2) is 0 Å². The van der Waals surface area contributed by atoms with E-state index in [1.54, 1.807) is 6.07 Å². The molecule has 7 aromatic carbocycles. The highest BCUT2D eigenvalue weighted by Crippen LogP contribution is 2.50. The number of carbonyl (C=O) groups is 2. The molecule has 0 unspecified atom stereocenters. The molecule has 5 nitrogen and oxygen atoms in total. The molecule has 0 spiro atoms. The van der Waals surface area contributed by atoms with Gasteiger partial charge in [-0.15, -0.1) is 0 Å². The van der Waals surface area contributed by atoms with Crippen LogP contribution in [0.15, 0.2) is 103 Å². The lowest BCUT2D eigenvalue weighted by molar-refractivity contribution is 0.0998. The topological polar surface area (TPSA) is 89.4 Å². The first-order valence-corrected chi connectivity index (χ1v) is 19.4. The number of benzene rings is 7. The van der Waals surface area contributed by atoms with E-state index in [1.807, 2.05) is 12.1 Å². The summed E-state index contributed by atoms with van der Waals surface area (Å²) in [4.78, 5) is 28.9. The van der Waals surface area contributed by atoms with Crippen LogP contribution in [-0.2, 0) is 10.8 Å². The summed E-state index contributed by atoms with van der Waals surface area (Å²) in [7, 11) is 0. The molecule has 0 aromatic heterocycles. The van der Waals surface area contributed by atoms with E-state index in [0.717, 1.165) is 67.6 Å². The third kappa shape index (κ3) is 6.90. The first-order valence-electron chi connectivity index (χ1n) is 19.4. The Morgan fingerprint density at radius 1 is 0.491 bits per heavy atom. The zero-order chi connectivity index (χ0) is 39.8. The van der Waals surface area contributed by atoms with Gasteiger partial charge in [-0.2, -0.15) is 0 Å². The van der Waals surface area contributed by atoms with Gasteiger partial charge in [0, 0.05) is 38.7 Å². The minimum atomic E-state index is -0.622. The fraction of sp³-hybridized carbons (Fsp3) is 0.320. The van der Waals surface area contributed by atoms with Gasteiger partial charge in [0.1, 0.15) is 0 Å². The van der Waals surface area contributed by atoms with Crippen LogP contribution in [0, 0.1) is 10.8 Å². The van der Waals surface area contributed by atoms with Gasteiger partial charge < -0.3 is 16.4 Å². The largest absolute Gasteiger partial charge is 0.366 e. The van der Waals surface area contributed by atoms with Crippen LogP contribution < -0.4 is 16.4 Å². The van der Waals surface area contributed by atoms with Crippen molar-refractivity contribution >= 4 is 72.0 Å². The second-order valence-electron chi connectivity index (χ2n) is 19.3. The molecule has 0 saturated carbocycles. The van der Waals surface area contributed by atoms with Crippen LogP contribution in [0.3, 0.4) is 0 Å². The highest BCUT2D eigenvalue weighted by Gasteiger charge is 2.31. The minimum Gasteiger partial charge on any atom is -0.366 e. The molecular formula is C50H55N3O2. The van der Waals surface area contributed by atoms with Gasteiger partial charge in [-0.05, 0) is 109 Å². The predicted molar refractivity (Wildman–Crippen MR) is 234 cm³/mol. The number of amides is 2. The van der Waals surface area contributed by atoms with Gasteiger partial charge in [-0.3, -0.25) is 9.59 Å². The molecule has 7 aromatic rings. The maximum Gasteiger partial charge on any atom is 0.249 e. The van der Waals surface area contributed by atoms with Gasteiger partial charge in [-0.1, -0.05) is 136 Å². The lowest BCUT2D eigenvalue weighted by Crippen LogP contribution is -2.25.